The van der Waals surface area contributed by atoms with Gasteiger partial charge in [0.1, 0.15) is 17.2 Å². The van der Waals surface area contributed by atoms with Crippen LogP contribution in [-0.2, 0) is 22.5 Å². The number of carbonyl (C=O) groups excluding carboxylic acids is 1. The molecule has 2 aromatic carbocycles. The summed E-state index contributed by atoms with van der Waals surface area (Å²) in [6.07, 6.45) is 6.55. The highest BCUT2D eigenvalue weighted by atomic mass is 16.5. The fourth-order valence-corrected chi connectivity index (χ4v) is 5.59. The fraction of sp³-hybridized carbons (Fsp3) is 0.500. The predicted octanol–water partition coefficient (Wildman–Crippen LogP) is 4.86. The van der Waals surface area contributed by atoms with Crippen LogP contribution in [0.5, 0.6) is 17.2 Å². The van der Waals surface area contributed by atoms with Gasteiger partial charge in [0, 0.05) is 42.9 Å². The van der Waals surface area contributed by atoms with E-state index >= 15 is 0 Å². The van der Waals surface area contributed by atoms with Gasteiger partial charge in [0.2, 0.25) is 0 Å². The van der Waals surface area contributed by atoms with Gasteiger partial charge in [-0.2, -0.15) is 0 Å². The Morgan fingerprint density at radius 1 is 1.07 bits per heavy atom. The first-order chi connectivity index (χ1) is 19.6. The number of nitrogens with zero attached hydrogens (tertiary/aromatic N) is 2. The summed E-state index contributed by atoms with van der Waals surface area (Å²) in [6, 6.07) is 9.38. The molecule has 0 amide bonds. The van der Waals surface area contributed by atoms with Gasteiger partial charge in [-0.15, -0.1) is 0 Å². The van der Waals surface area contributed by atoms with Crippen LogP contribution in [0.25, 0.3) is 22.0 Å². The number of aryl methyl sites for hydroxylation is 1. The summed E-state index contributed by atoms with van der Waals surface area (Å²) in [5.74, 6) is 2.16. The third kappa shape index (κ3) is 6.34. The zero-order chi connectivity index (χ0) is 27.9. The molecular weight excluding hydrogens is 508 g/mol. The molecule has 0 radical (unpaired) electrons. The Kier molecular flexibility index (Phi) is 9.39. The van der Waals surface area contributed by atoms with Gasteiger partial charge in [0.25, 0.3) is 0 Å². The van der Waals surface area contributed by atoms with E-state index in [1.54, 1.807) is 7.11 Å². The lowest BCUT2D eigenvalue weighted by atomic mass is 9.96. The van der Waals surface area contributed by atoms with Crippen molar-refractivity contribution in [2.45, 2.75) is 52.0 Å². The first kappa shape index (κ1) is 28.2. The van der Waals surface area contributed by atoms with Crippen LogP contribution >= 0.6 is 0 Å². The topological polar surface area (TPSA) is 79.2 Å². The normalized spacial score (nSPS) is 15.4. The summed E-state index contributed by atoms with van der Waals surface area (Å²) in [6.45, 7) is 7.82. The van der Waals surface area contributed by atoms with E-state index in [1.165, 1.54) is 0 Å². The first-order valence-electron chi connectivity index (χ1n) is 14.5. The second-order valence-electron chi connectivity index (χ2n) is 10.6. The van der Waals surface area contributed by atoms with Crippen LogP contribution in [0.3, 0.4) is 0 Å². The van der Waals surface area contributed by atoms with Crippen molar-refractivity contribution in [1.29, 1.82) is 0 Å². The Labute approximate surface area is 235 Å². The summed E-state index contributed by atoms with van der Waals surface area (Å²) in [5.41, 5.74) is 2.84. The number of ether oxygens (including phenoxy) is 4. The number of benzene rings is 2. The molecule has 0 saturated carbocycles. The number of ketones is 1. The van der Waals surface area contributed by atoms with E-state index in [-0.39, 0.29) is 17.8 Å². The highest BCUT2D eigenvalue weighted by Crippen LogP contribution is 2.38. The third-order valence-electron chi connectivity index (χ3n) is 7.70. The third-order valence-corrected chi connectivity index (χ3v) is 7.70. The van der Waals surface area contributed by atoms with Crippen molar-refractivity contribution in [1.82, 2.24) is 9.47 Å². The monoisotopic (exact) mass is 548 g/mol. The molecule has 40 heavy (non-hydrogen) atoms. The highest BCUT2D eigenvalue weighted by Gasteiger charge is 2.24. The molecule has 3 aromatic rings. The molecule has 8 heteroatoms. The molecule has 2 aliphatic rings. The van der Waals surface area contributed by atoms with Crippen LogP contribution in [0.1, 0.15) is 44.6 Å². The van der Waals surface area contributed by atoms with Gasteiger partial charge in [-0.1, -0.05) is 19.1 Å². The smallest absolute Gasteiger partial charge is 0.197 e. The number of pyridine rings is 1. The van der Waals surface area contributed by atoms with Crippen molar-refractivity contribution >= 4 is 16.7 Å². The second kappa shape index (κ2) is 13.3. The van der Waals surface area contributed by atoms with Crippen LogP contribution in [0, 0.1) is 0 Å². The quantitative estimate of drug-likeness (QED) is 0.299. The van der Waals surface area contributed by atoms with E-state index in [0.29, 0.717) is 47.6 Å². The molecule has 0 bridgehead atoms. The number of hydrogen-bond acceptors (Lipinski definition) is 7. The maximum Gasteiger partial charge on any atom is 0.197 e. The summed E-state index contributed by atoms with van der Waals surface area (Å²) >= 11 is 0. The van der Waals surface area contributed by atoms with E-state index in [0.717, 1.165) is 81.8 Å². The molecule has 1 saturated heterocycles. The summed E-state index contributed by atoms with van der Waals surface area (Å²) in [4.78, 5) is 29.8. The van der Waals surface area contributed by atoms with E-state index in [1.807, 2.05) is 48.0 Å². The van der Waals surface area contributed by atoms with Gasteiger partial charge < -0.3 is 23.5 Å². The number of morpholine rings is 1. The molecule has 0 N–H and O–H groups in total. The molecule has 0 aliphatic carbocycles. The minimum atomic E-state index is -0.0712. The summed E-state index contributed by atoms with van der Waals surface area (Å²) in [5, 5.41) is 0.594. The van der Waals surface area contributed by atoms with Crippen LogP contribution in [0.4, 0.5) is 0 Å². The van der Waals surface area contributed by atoms with Crippen LogP contribution < -0.4 is 19.6 Å². The van der Waals surface area contributed by atoms with E-state index in [9.17, 15) is 9.59 Å². The zero-order valence-corrected chi connectivity index (χ0v) is 23.7. The first-order valence-corrected chi connectivity index (χ1v) is 14.5. The molecule has 0 spiro atoms. The standard InChI is InChI=1S/C32H40N2O6/c1-3-16-39-29-20-28-26(8-6-17-40-28)30-31(29)34(21-24(35)7-4-5-13-33-14-18-38-19-15-33)22-27(32(30)36)23-9-11-25(37-2)12-10-23/h9-12,20,22H,3-8,13-19,21H2,1-2H3. The average Bonchev–Trinajstić information content (AvgIpc) is 2.99. The van der Waals surface area contributed by atoms with Gasteiger partial charge >= 0.3 is 0 Å². The number of carbonyl (C=O) groups is 1. The fourth-order valence-electron chi connectivity index (χ4n) is 5.59. The molecule has 2 aliphatic heterocycles. The van der Waals surface area contributed by atoms with Crippen molar-refractivity contribution in [3.63, 3.8) is 0 Å². The van der Waals surface area contributed by atoms with E-state index < -0.39 is 0 Å². The molecule has 3 heterocycles. The predicted molar refractivity (Wildman–Crippen MR) is 156 cm³/mol. The molecule has 5 rings (SSSR count). The van der Waals surface area contributed by atoms with E-state index in [4.69, 9.17) is 18.9 Å². The summed E-state index contributed by atoms with van der Waals surface area (Å²) < 4.78 is 24.9. The Morgan fingerprint density at radius 3 is 2.62 bits per heavy atom. The van der Waals surface area contributed by atoms with E-state index in [2.05, 4.69) is 4.90 Å². The van der Waals surface area contributed by atoms with Crippen molar-refractivity contribution in [2.24, 2.45) is 0 Å². The van der Waals surface area contributed by atoms with Gasteiger partial charge in [0.15, 0.2) is 11.2 Å². The molecule has 0 unspecified atom stereocenters. The van der Waals surface area contributed by atoms with Crippen LogP contribution in [0.2, 0.25) is 0 Å². The van der Waals surface area contributed by atoms with Crippen molar-refractivity contribution < 1.29 is 23.7 Å². The van der Waals surface area contributed by atoms with Crippen LogP contribution in [0.15, 0.2) is 41.3 Å². The molecule has 214 valence electrons. The van der Waals surface area contributed by atoms with Gasteiger partial charge in [-0.3, -0.25) is 14.5 Å². The van der Waals surface area contributed by atoms with Crippen molar-refractivity contribution in [3.05, 3.63) is 52.3 Å². The number of fused-ring (bicyclic) bond motifs is 3. The van der Waals surface area contributed by atoms with Crippen molar-refractivity contribution in [3.8, 4) is 28.4 Å². The zero-order valence-electron chi connectivity index (χ0n) is 23.7. The Balaban J connectivity index is 1.51. The molecule has 0 atom stereocenters. The number of methoxy groups -OCH3 is 1. The lowest BCUT2D eigenvalue weighted by Crippen LogP contribution is -2.36. The molecule has 8 nitrogen and oxygen atoms in total. The van der Waals surface area contributed by atoms with Gasteiger partial charge in [0.05, 0.1) is 51.0 Å². The highest BCUT2D eigenvalue weighted by molar-refractivity contribution is 5.94. The minimum Gasteiger partial charge on any atom is -0.497 e. The number of unbranched alkanes of at least 4 members (excludes halogenated alkanes) is 1. The molecular formula is C32H40N2O6. The lowest BCUT2D eigenvalue weighted by Gasteiger charge is -2.26. The maximum atomic E-state index is 14.1. The average molecular weight is 549 g/mol. The number of Topliss-reactive ketones (excluding diaryl/α,β-unsaturated/α-hetero) is 1. The number of aromatic nitrogens is 1. The largest absolute Gasteiger partial charge is 0.497 e. The molecule has 1 aromatic heterocycles. The Morgan fingerprint density at radius 2 is 1.88 bits per heavy atom. The van der Waals surface area contributed by atoms with Crippen LogP contribution in [-0.4, -0.2) is 68.4 Å². The van der Waals surface area contributed by atoms with Crippen molar-refractivity contribution in [2.75, 3.05) is 53.2 Å². The second-order valence-corrected chi connectivity index (χ2v) is 10.6. The molecule has 1 fully saturated rings. The summed E-state index contributed by atoms with van der Waals surface area (Å²) in [7, 11) is 1.62. The minimum absolute atomic E-state index is 0.0712. The number of hydrogen-bond donors (Lipinski definition) is 0. The SMILES string of the molecule is CCCOc1cc2c(c3c(=O)c(-c4ccc(OC)cc4)cn(CC(=O)CCCCN4CCOCC4)c13)CCCO2. The maximum absolute atomic E-state index is 14.1. The van der Waals surface area contributed by atoms with Gasteiger partial charge in [-0.25, -0.2) is 0 Å². The number of rotatable bonds is 12. The Hall–Kier alpha value is -3.36. The Bertz CT molecular complexity index is 1380. The lowest BCUT2D eigenvalue weighted by molar-refractivity contribution is -0.119. The van der Waals surface area contributed by atoms with Gasteiger partial charge in [-0.05, 0) is 56.3 Å².